The molecule has 0 aromatic carbocycles. The average Bonchev–Trinajstić information content (AvgIpc) is 3.01. The van der Waals surface area contributed by atoms with E-state index >= 15 is 0 Å². The summed E-state index contributed by atoms with van der Waals surface area (Å²) in [6.45, 7) is 3.88. The largest absolute Gasteiger partial charge is 0.381 e. The molecular formula is C12H18BrNOS. The molecule has 0 atom stereocenters. The van der Waals surface area contributed by atoms with Crippen LogP contribution in [0.4, 0.5) is 0 Å². The Kier molecular flexibility index (Phi) is 5.29. The van der Waals surface area contributed by atoms with E-state index in [2.05, 4.69) is 32.7 Å². The molecule has 1 aromatic heterocycles. The van der Waals surface area contributed by atoms with Crippen LogP contribution in [0, 0.1) is 5.92 Å². The molecule has 1 heterocycles. The van der Waals surface area contributed by atoms with Gasteiger partial charge >= 0.3 is 0 Å². The molecule has 0 aliphatic heterocycles. The minimum atomic E-state index is 0.884. The second-order valence-electron chi connectivity index (χ2n) is 4.24. The molecule has 1 aliphatic rings. The summed E-state index contributed by atoms with van der Waals surface area (Å²) in [5.41, 5.74) is 0. The Hall–Kier alpha value is 0.1000. The molecule has 0 bridgehead atoms. The van der Waals surface area contributed by atoms with Crippen molar-refractivity contribution in [2.24, 2.45) is 5.92 Å². The summed E-state index contributed by atoms with van der Waals surface area (Å²) in [5.74, 6) is 0.884. The van der Waals surface area contributed by atoms with Crippen molar-refractivity contribution < 1.29 is 4.74 Å². The minimum Gasteiger partial charge on any atom is -0.381 e. The average molecular weight is 304 g/mol. The summed E-state index contributed by atoms with van der Waals surface area (Å²) in [5, 5.41) is 5.54. The van der Waals surface area contributed by atoms with Gasteiger partial charge < -0.3 is 10.1 Å². The number of halogens is 1. The zero-order valence-electron chi connectivity index (χ0n) is 9.38. The van der Waals surface area contributed by atoms with E-state index in [4.69, 9.17) is 4.74 Å². The first-order chi connectivity index (χ1) is 7.86. The summed E-state index contributed by atoms with van der Waals surface area (Å²) < 4.78 is 6.79. The number of hydrogen-bond donors (Lipinski definition) is 1. The van der Waals surface area contributed by atoms with Gasteiger partial charge in [0.2, 0.25) is 0 Å². The van der Waals surface area contributed by atoms with Crippen LogP contribution in [0.25, 0.3) is 0 Å². The van der Waals surface area contributed by atoms with E-state index in [-0.39, 0.29) is 0 Å². The lowest BCUT2D eigenvalue weighted by Crippen LogP contribution is -2.16. The lowest BCUT2D eigenvalue weighted by molar-refractivity contribution is 0.122. The molecule has 1 saturated carbocycles. The molecule has 0 unspecified atom stereocenters. The Bertz CT molecular complexity index is 312. The molecule has 2 rings (SSSR count). The number of rotatable bonds is 8. The van der Waals surface area contributed by atoms with Gasteiger partial charge in [0.05, 0.1) is 0 Å². The van der Waals surface area contributed by atoms with Crippen LogP contribution in [0.2, 0.25) is 0 Å². The lowest BCUT2D eigenvalue weighted by Gasteiger charge is -2.04. The maximum atomic E-state index is 5.57. The van der Waals surface area contributed by atoms with Crippen LogP contribution in [0.3, 0.4) is 0 Å². The Morgan fingerprint density at radius 1 is 1.50 bits per heavy atom. The van der Waals surface area contributed by atoms with Gasteiger partial charge in [-0.2, -0.15) is 0 Å². The number of ether oxygens (including phenoxy) is 1. The van der Waals surface area contributed by atoms with E-state index in [9.17, 15) is 0 Å². The molecule has 1 N–H and O–H groups in total. The normalized spacial score (nSPS) is 15.6. The third-order valence-corrected chi connectivity index (χ3v) is 4.60. The lowest BCUT2D eigenvalue weighted by atomic mass is 10.4. The fourth-order valence-corrected chi connectivity index (χ4v) is 2.95. The van der Waals surface area contributed by atoms with Crippen LogP contribution in [0.1, 0.15) is 24.1 Å². The first-order valence-electron chi connectivity index (χ1n) is 5.86. The highest BCUT2D eigenvalue weighted by molar-refractivity contribution is 9.10. The third kappa shape index (κ3) is 4.53. The quantitative estimate of drug-likeness (QED) is 0.743. The monoisotopic (exact) mass is 303 g/mol. The van der Waals surface area contributed by atoms with Gasteiger partial charge in [0, 0.05) is 29.1 Å². The molecule has 90 valence electrons. The fourth-order valence-electron chi connectivity index (χ4n) is 1.49. The molecule has 0 amide bonds. The van der Waals surface area contributed by atoms with E-state index in [1.165, 1.54) is 22.2 Å². The van der Waals surface area contributed by atoms with Crippen LogP contribution in [-0.2, 0) is 11.3 Å². The first kappa shape index (κ1) is 12.6. The highest BCUT2D eigenvalue weighted by Crippen LogP contribution is 2.28. The molecule has 1 aliphatic carbocycles. The predicted octanol–water partition coefficient (Wildman–Crippen LogP) is 3.42. The van der Waals surface area contributed by atoms with Crippen LogP contribution in [0.5, 0.6) is 0 Å². The molecular weight excluding hydrogens is 286 g/mol. The van der Waals surface area contributed by atoms with Crippen molar-refractivity contribution in [2.75, 3.05) is 19.8 Å². The van der Waals surface area contributed by atoms with Gasteiger partial charge in [0.1, 0.15) is 0 Å². The predicted molar refractivity (Wildman–Crippen MR) is 71.9 cm³/mol. The van der Waals surface area contributed by atoms with E-state index < -0.39 is 0 Å². The second kappa shape index (κ2) is 6.74. The molecule has 4 heteroatoms. The van der Waals surface area contributed by atoms with E-state index in [0.29, 0.717) is 0 Å². The van der Waals surface area contributed by atoms with Crippen molar-refractivity contribution in [2.45, 2.75) is 25.8 Å². The van der Waals surface area contributed by atoms with Crippen LogP contribution in [0.15, 0.2) is 15.9 Å². The van der Waals surface area contributed by atoms with Gasteiger partial charge in [-0.1, -0.05) is 0 Å². The molecule has 16 heavy (non-hydrogen) atoms. The molecule has 1 fully saturated rings. The van der Waals surface area contributed by atoms with Crippen LogP contribution in [-0.4, -0.2) is 19.8 Å². The van der Waals surface area contributed by atoms with Gasteiger partial charge in [-0.15, -0.1) is 11.3 Å². The van der Waals surface area contributed by atoms with E-state index in [1.807, 2.05) is 0 Å². The summed E-state index contributed by atoms with van der Waals surface area (Å²) in [6.07, 6.45) is 3.87. The molecule has 2 nitrogen and oxygen atoms in total. The smallest absolute Gasteiger partial charge is 0.0494 e. The highest BCUT2D eigenvalue weighted by Gasteiger charge is 2.20. The van der Waals surface area contributed by atoms with Crippen LogP contribution >= 0.6 is 27.3 Å². The second-order valence-corrected chi connectivity index (χ2v) is 6.10. The van der Waals surface area contributed by atoms with Crippen molar-refractivity contribution in [1.82, 2.24) is 5.32 Å². The Labute approximate surface area is 110 Å². The summed E-state index contributed by atoms with van der Waals surface area (Å²) in [4.78, 5) is 1.37. The number of thiophene rings is 1. The van der Waals surface area contributed by atoms with Gasteiger partial charge in [-0.3, -0.25) is 0 Å². The van der Waals surface area contributed by atoms with Crippen LogP contribution < -0.4 is 5.32 Å². The first-order valence-corrected chi connectivity index (χ1v) is 7.54. The summed E-state index contributed by atoms with van der Waals surface area (Å²) >= 11 is 5.32. The molecule has 0 spiro atoms. The Balaban J connectivity index is 1.44. The number of nitrogens with one attached hydrogen (secondary N) is 1. The molecule has 0 radical (unpaired) electrons. The number of hydrogen-bond acceptors (Lipinski definition) is 3. The fraction of sp³-hybridized carbons (Fsp3) is 0.667. The maximum Gasteiger partial charge on any atom is 0.0494 e. The van der Waals surface area contributed by atoms with Crippen molar-refractivity contribution in [3.63, 3.8) is 0 Å². The van der Waals surface area contributed by atoms with Crippen molar-refractivity contribution >= 4 is 27.3 Å². The Morgan fingerprint density at radius 3 is 3.06 bits per heavy atom. The topological polar surface area (TPSA) is 21.3 Å². The SMILES string of the molecule is Brc1ccsc1CNCCCOCC1CC1. The minimum absolute atomic E-state index is 0.884. The zero-order chi connectivity index (χ0) is 11.2. The zero-order valence-corrected chi connectivity index (χ0v) is 11.8. The third-order valence-electron chi connectivity index (χ3n) is 2.67. The van der Waals surface area contributed by atoms with E-state index in [0.717, 1.165) is 38.6 Å². The van der Waals surface area contributed by atoms with Crippen molar-refractivity contribution in [3.05, 3.63) is 20.8 Å². The summed E-state index contributed by atoms with van der Waals surface area (Å²) in [6, 6.07) is 2.10. The molecule has 1 aromatic rings. The van der Waals surface area contributed by atoms with Gasteiger partial charge in [0.25, 0.3) is 0 Å². The maximum absolute atomic E-state index is 5.57. The van der Waals surface area contributed by atoms with Gasteiger partial charge in [-0.05, 0) is 59.1 Å². The van der Waals surface area contributed by atoms with Gasteiger partial charge in [0.15, 0.2) is 0 Å². The van der Waals surface area contributed by atoms with Gasteiger partial charge in [-0.25, -0.2) is 0 Å². The standard InChI is InChI=1S/C12H18BrNOS/c13-11-4-7-16-12(11)8-14-5-1-6-15-9-10-2-3-10/h4,7,10,14H,1-3,5-6,8-9H2. The summed E-state index contributed by atoms with van der Waals surface area (Å²) in [7, 11) is 0. The van der Waals surface area contributed by atoms with Crippen molar-refractivity contribution in [1.29, 1.82) is 0 Å². The van der Waals surface area contributed by atoms with Crippen molar-refractivity contribution in [3.8, 4) is 0 Å². The van der Waals surface area contributed by atoms with E-state index in [1.54, 1.807) is 11.3 Å². The molecule has 0 saturated heterocycles. The highest BCUT2D eigenvalue weighted by atomic mass is 79.9. The Morgan fingerprint density at radius 2 is 2.38 bits per heavy atom.